The summed E-state index contributed by atoms with van der Waals surface area (Å²) in [4.78, 5) is 29.1. The lowest BCUT2D eigenvalue weighted by Crippen LogP contribution is -2.35. The van der Waals surface area contributed by atoms with Gasteiger partial charge < -0.3 is 10.6 Å². The maximum absolute atomic E-state index is 15.0. The molecule has 3 heterocycles. The van der Waals surface area contributed by atoms with Crippen LogP contribution in [-0.2, 0) is 0 Å². The van der Waals surface area contributed by atoms with Crippen LogP contribution in [0.25, 0.3) is 5.52 Å². The van der Waals surface area contributed by atoms with Crippen LogP contribution in [-0.4, -0.2) is 28.5 Å². The predicted molar refractivity (Wildman–Crippen MR) is 102 cm³/mol. The van der Waals surface area contributed by atoms with Gasteiger partial charge in [-0.2, -0.15) is 0 Å². The van der Waals surface area contributed by atoms with E-state index in [1.165, 1.54) is 23.4 Å². The van der Waals surface area contributed by atoms with Crippen molar-refractivity contribution in [3.63, 3.8) is 0 Å². The number of fused-ring (bicyclic) bond motifs is 1. The number of pyridine rings is 1. The minimum absolute atomic E-state index is 0.163. The molecule has 3 aliphatic rings. The number of anilines is 1. The van der Waals surface area contributed by atoms with Gasteiger partial charge >= 0.3 is 5.69 Å². The molecule has 0 aromatic carbocycles. The number of aromatic nitrogens is 2. The molecule has 0 bridgehead atoms. The minimum Gasteiger partial charge on any atom is -0.368 e. The van der Waals surface area contributed by atoms with Gasteiger partial charge in [0.25, 0.3) is 5.56 Å². The van der Waals surface area contributed by atoms with E-state index >= 15 is 4.39 Å². The lowest BCUT2D eigenvalue weighted by Gasteiger charge is -2.25. The summed E-state index contributed by atoms with van der Waals surface area (Å²) in [5.41, 5.74) is 7.88. The van der Waals surface area contributed by atoms with Crippen molar-refractivity contribution >= 4 is 11.2 Å². The van der Waals surface area contributed by atoms with E-state index in [1.807, 2.05) is 6.92 Å². The average Bonchev–Trinajstić information content (AvgIpc) is 3.54. The van der Waals surface area contributed by atoms with E-state index < -0.39 is 11.5 Å². The van der Waals surface area contributed by atoms with Crippen LogP contribution >= 0.6 is 0 Å². The van der Waals surface area contributed by atoms with Gasteiger partial charge in [-0.1, -0.05) is 0 Å². The fourth-order valence-corrected chi connectivity index (χ4v) is 4.84. The van der Waals surface area contributed by atoms with Crippen LogP contribution in [0.1, 0.15) is 49.1 Å². The number of H-pyrrole nitrogens is 1. The number of nitrogens with two attached hydrogens (primary N) is 1. The molecule has 27 heavy (non-hydrogen) atoms. The minimum atomic E-state index is -0.581. The van der Waals surface area contributed by atoms with Gasteiger partial charge in [-0.05, 0) is 56.8 Å². The highest BCUT2D eigenvalue weighted by Crippen LogP contribution is 2.43. The maximum atomic E-state index is 15.0. The second-order valence-electron chi connectivity index (χ2n) is 8.53. The largest absolute Gasteiger partial charge is 0.368 e. The molecule has 3 N–H and O–H groups in total. The Kier molecular flexibility index (Phi) is 3.73. The lowest BCUT2D eigenvalue weighted by atomic mass is 9.96. The summed E-state index contributed by atoms with van der Waals surface area (Å²) in [7, 11) is 0. The monoisotopic (exact) mass is 372 g/mol. The van der Waals surface area contributed by atoms with Crippen LogP contribution < -0.4 is 21.9 Å². The van der Waals surface area contributed by atoms with Gasteiger partial charge in [-0.15, -0.1) is 0 Å². The van der Waals surface area contributed by atoms with Crippen molar-refractivity contribution in [3.05, 3.63) is 44.0 Å². The van der Waals surface area contributed by atoms with Gasteiger partial charge in [0.05, 0.1) is 17.4 Å². The predicted octanol–water partition coefficient (Wildman–Crippen LogP) is 1.88. The molecular weight excluding hydrogens is 347 g/mol. The Morgan fingerprint density at radius 3 is 2.59 bits per heavy atom. The van der Waals surface area contributed by atoms with E-state index in [0.717, 1.165) is 32.4 Å². The van der Waals surface area contributed by atoms with Crippen LogP contribution in [0.15, 0.2) is 15.8 Å². The molecule has 2 aromatic rings. The smallest absolute Gasteiger partial charge is 0.333 e. The molecule has 2 aliphatic carbocycles. The van der Waals surface area contributed by atoms with Crippen LogP contribution in [0.2, 0.25) is 0 Å². The van der Waals surface area contributed by atoms with Gasteiger partial charge in [0.15, 0.2) is 5.82 Å². The standard InChI is InChI=1S/C20H25FN4O2/c1-10-17(24-7-6-13(8-24)16(22)12-4-5-12)14(21)9-25-18(10)15(11-2-3-11)19(26)23-20(25)27/h9,11-13,16H,2-8,22H2,1H3,(H,23,26,27). The molecule has 2 aromatic heterocycles. The Balaban J connectivity index is 1.62. The first-order chi connectivity index (χ1) is 13.0. The van der Waals surface area contributed by atoms with E-state index in [2.05, 4.69) is 9.88 Å². The molecule has 2 unspecified atom stereocenters. The third-order valence-corrected chi connectivity index (χ3v) is 6.60. The van der Waals surface area contributed by atoms with Crippen LogP contribution in [0.3, 0.4) is 0 Å². The Morgan fingerprint density at radius 1 is 1.19 bits per heavy atom. The zero-order valence-electron chi connectivity index (χ0n) is 15.5. The van der Waals surface area contributed by atoms with Crippen molar-refractivity contribution in [1.82, 2.24) is 9.38 Å². The Bertz CT molecular complexity index is 1030. The van der Waals surface area contributed by atoms with Crippen LogP contribution in [0.4, 0.5) is 10.1 Å². The van der Waals surface area contributed by atoms with E-state index in [4.69, 9.17) is 5.73 Å². The molecule has 2 saturated carbocycles. The highest BCUT2D eigenvalue weighted by molar-refractivity contribution is 5.72. The van der Waals surface area contributed by atoms with Gasteiger partial charge in [0.1, 0.15) is 0 Å². The first kappa shape index (κ1) is 17.0. The number of hydrogen-bond acceptors (Lipinski definition) is 4. The summed E-state index contributed by atoms with van der Waals surface area (Å²) in [6.45, 7) is 3.32. The molecular formula is C20H25FN4O2. The molecule has 0 radical (unpaired) electrons. The van der Waals surface area contributed by atoms with Crippen molar-refractivity contribution in [2.75, 3.05) is 18.0 Å². The SMILES string of the molecule is Cc1c(N2CCC(C(N)C3CC3)C2)c(F)cn2c(=O)[nH]c(=O)c(C3CC3)c12. The fraction of sp³-hybridized carbons (Fsp3) is 0.600. The van der Waals surface area contributed by atoms with Crippen molar-refractivity contribution in [1.29, 1.82) is 0 Å². The number of halogens is 1. The summed E-state index contributed by atoms with van der Waals surface area (Å²) in [6, 6.07) is 0.186. The Morgan fingerprint density at radius 2 is 1.93 bits per heavy atom. The van der Waals surface area contributed by atoms with E-state index in [-0.39, 0.29) is 17.5 Å². The second-order valence-corrected chi connectivity index (χ2v) is 8.53. The van der Waals surface area contributed by atoms with Crippen molar-refractivity contribution in [2.24, 2.45) is 17.6 Å². The van der Waals surface area contributed by atoms with Gasteiger partial charge in [0.2, 0.25) is 0 Å². The first-order valence-corrected chi connectivity index (χ1v) is 9.94. The quantitative estimate of drug-likeness (QED) is 0.858. The number of aryl methyl sites for hydroxylation is 1. The zero-order valence-corrected chi connectivity index (χ0v) is 15.5. The summed E-state index contributed by atoms with van der Waals surface area (Å²) in [5.74, 6) is 0.736. The number of nitrogens with zero attached hydrogens (tertiary/aromatic N) is 2. The molecule has 3 fully saturated rings. The zero-order chi connectivity index (χ0) is 18.9. The first-order valence-electron chi connectivity index (χ1n) is 9.94. The molecule has 1 saturated heterocycles. The van der Waals surface area contributed by atoms with Gasteiger partial charge in [-0.3, -0.25) is 14.2 Å². The van der Waals surface area contributed by atoms with Crippen molar-refractivity contribution in [3.8, 4) is 0 Å². The lowest BCUT2D eigenvalue weighted by molar-refractivity contribution is 0.417. The molecule has 5 rings (SSSR count). The van der Waals surface area contributed by atoms with E-state index in [9.17, 15) is 9.59 Å². The summed E-state index contributed by atoms with van der Waals surface area (Å²) in [5, 5.41) is 0. The molecule has 1 aliphatic heterocycles. The molecule has 0 spiro atoms. The Hall–Kier alpha value is -2.15. The number of hydrogen-bond donors (Lipinski definition) is 2. The summed E-state index contributed by atoms with van der Waals surface area (Å²) in [6.07, 6.45) is 6.47. The van der Waals surface area contributed by atoms with Crippen molar-refractivity contribution in [2.45, 2.75) is 51.0 Å². The Labute approximate surface area is 156 Å². The highest BCUT2D eigenvalue weighted by atomic mass is 19.1. The molecule has 144 valence electrons. The van der Waals surface area contributed by atoms with E-state index in [1.54, 1.807) is 0 Å². The molecule has 2 atom stereocenters. The van der Waals surface area contributed by atoms with Crippen LogP contribution in [0.5, 0.6) is 0 Å². The fourth-order valence-electron chi connectivity index (χ4n) is 4.84. The number of rotatable bonds is 4. The van der Waals surface area contributed by atoms with E-state index in [0.29, 0.717) is 34.2 Å². The molecule has 0 amide bonds. The second kappa shape index (κ2) is 5.92. The number of aromatic amines is 1. The summed E-state index contributed by atoms with van der Waals surface area (Å²) >= 11 is 0. The average molecular weight is 372 g/mol. The molecule has 7 heteroatoms. The van der Waals surface area contributed by atoms with Gasteiger partial charge in [0, 0.05) is 30.3 Å². The highest BCUT2D eigenvalue weighted by Gasteiger charge is 2.38. The van der Waals surface area contributed by atoms with Gasteiger partial charge in [-0.25, -0.2) is 9.18 Å². The third kappa shape index (κ3) is 2.71. The normalized spacial score (nSPS) is 24.0. The van der Waals surface area contributed by atoms with Crippen LogP contribution in [0, 0.1) is 24.6 Å². The number of nitrogens with one attached hydrogen (secondary N) is 1. The van der Waals surface area contributed by atoms with Crippen molar-refractivity contribution < 1.29 is 4.39 Å². The topological polar surface area (TPSA) is 83.6 Å². The third-order valence-electron chi connectivity index (χ3n) is 6.60. The summed E-state index contributed by atoms with van der Waals surface area (Å²) < 4.78 is 16.3. The maximum Gasteiger partial charge on any atom is 0.333 e. The molecule has 6 nitrogen and oxygen atoms in total.